The van der Waals surface area contributed by atoms with Gasteiger partial charge in [-0.15, -0.1) is 6.42 Å². The molecule has 8 heteroatoms. The predicted molar refractivity (Wildman–Crippen MR) is 117 cm³/mol. The van der Waals surface area contributed by atoms with Crippen LogP contribution in [0.2, 0.25) is 0 Å². The molecule has 0 bridgehead atoms. The van der Waals surface area contributed by atoms with E-state index >= 15 is 0 Å². The van der Waals surface area contributed by atoms with Crippen molar-refractivity contribution in [2.75, 3.05) is 6.54 Å². The Morgan fingerprint density at radius 2 is 1.77 bits per heavy atom. The van der Waals surface area contributed by atoms with Crippen molar-refractivity contribution in [1.82, 2.24) is 15.5 Å². The van der Waals surface area contributed by atoms with Gasteiger partial charge in [0, 0.05) is 11.6 Å². The summed E-state index contributed by atoms with van der Waals surface area (Å²) in [4.78, 5) is 39.5. The molecule has 166 valence electrons. The lowest BCUT2D eigenvalue weighted by atomic mass is 9.97. The third-order valence-electron chi connectivity index (χ3n) is 4.03. The third kappa shape index (κ3) is 7.67. The normalized spacial score (nSPS) is 12.7. The van der Waals surface area contributed by atoms with Crippen molar-refractivity contribution in [2.24, 2.45) is 0 Å². The van der Waals surface area contributed by atoms with E-state index in [1.807, 2.05) is 6.07 Å². The molecule has 0 aliphatic carbocycles. The summed E-state index contributed by atoms with van der Waals surface area (Å²) < 4.78 is 5.19. The number of terminal acetylenes is 1. The summed E-state index contributed by atoms with van der Waals surface area (Å²) in [5.41, 5.74) is 0.0936. The van der Waals surface area contributed by atoms with E-state index in [1.54, 1.807) is 58.9 Å². The lowest BCUT2D eigenvalue weighted by Gasteiger charge is -2.32. The summed E-state index contributed by atoms with van der Waals surface area (Å²) in [5, 5.41) is 14.6. The largest absolute Gasteiger partial charge is 0.444 e. The van der Waals surface area contributed by atoms with Crippen LogP contribution < -0.4 is 10.6 Å². The molecule has 2 atom stereocenters. The molecular formula is C23H30N4O4. The number of alkyl carbamates (subject to hydrolysis) is 1. The summed E-state index contributed by atoms with van der Waals surface area (Å²) in [5.74, 6) is 1.41. The second-order valence-electron chi connectivity index (χ2n) is 8.29. The van der Waals surface area contributed by atoms with Crippen LogP contribution in [-0.4, -0.2) is 47.0 Å². The van der Waals surface area contributed by atoms with Crippen LogP contribution in [0, 0.1) is 23.7 Å². The van der Waals surface area contributed by atoms with Crippen LogP contribution in [0.3, 0.4) is 0 Å². The predicted octanol–water partition coefficient (Wildman–Crippen LogP) is 2.50. The number of rotatable bonds is 7. The number of carbonyl (C=O) groups is 3. The lowest BCUT2D eigenvalue weighted by Crippen LogP contribution is -2.52. The zero-order chi connectivity index (χ0) is 23.8. The molecule has 0 saturated heterocycles. The van der Waals surface area contributed by atoms with Gasteiger partial charge in [0.25, 0.3) is 0 Å². The highest BCUT2D eigenvalue weighted by molar-refractivity contribution is 5.92. The number of ether oxygens (including phenoxy) is 1. The highest BCUT2D eigenvalue weighted by Gasteiger charge is 2.35. The van der Waals surface area contributed by atoms with Gasteiger partial charge in [-0.05, 0) is 53.2 Å². The molecular weight excluding hydrogens is 396 g/mol. The van der Waals surface area contributed by atoms with Crippen molar-refractivity contribution >= 4 is 17.9 Å². The van der Waals surface area contributed by atoms with Crippen molar-refractivity contribution in [3.8, 4) is 18.4 Å². The first kappa shape index (κ1) is 25.5. The Balaban J connectivity index is 3.34. The average Bonchev–Trinajstić information content (AvgIpc) is 2.65. The second-order valence-corrected chi connectivity index (χ2v) is 8.29. The molecule has 3 amide bonds. The van der Waals surface area contributed by atoms with E-state index in [4.69, 9.17) is 11.2 Å². The second kappa shape index (κ2) is 11.0. The fourth-order valence-corrected chi connectivity index (χ4v) is 2.85. The Labute approximate surface area is 183 Å². The highest BCUT2D eigenvalue weighted by Crippen LogP contribution is 2.25. The SMILES string of the molecule is C#Cc1ccccc1C(C(=O)NC(C)C)N(CC#N)C(=O)C(C)NC(=O)OC(C)(C)C. The summed E-state index contributed by atoms with van der Waals surface area (Å²) >= 11 is 0. The van der Waals surface area contributed by atoms with E-state index in [2.05, 4.69) is 16.6 Å². The molecule has 2 unspecified atom stereocenters. The van der Waals surface area contributed by atoms with Crippen LogP contribution in [0.4, 0.5) is 4.79 Å². The highest BCUT2D eigenvalue weighted by atomic mass is 16.6. The molecule has 0 heterocycles. The van der Waals surface area contributed by atoms with Crippen LogP contribution in [-0.2, 0) is 14.3 Å². The maximum atomic E-state index is 13.2. The van der Waals surface area contributed by atoms with E-state index in [0.29, 0.717) is 11.1 Å². The first-order chi connectivity index (χ1) is 14.4. The van der Waals surface area contributed by atoms with E-state index in [-0.39, 0.29) is 12.6 Å². The van der Waals surface area contributed by atoms with E-state index < -0.39 is 35.6 Å². The van der Waals surface area contributed by atoms with Crippen molar-refractivity contribution in [2.45, 2.75) is 65.3 Å². The van der Waals surface area contributed by atoms with Crippen LogP contribution in [0.5, 0.6) is 0 Å². The molecule has 31 heavy (non-hydrogen) atoms. The minimum atomic E-state index is -1.15. The van der Waals surface area contributed by atoms with E-state index in [9.17, 15) is 19.6 Å². The Morgan fingerprint density at radius 3 is 2.29 bits per heavy atom. The zero-order valence-electron chi connectivity index (χ0n) is 18.9. The standard InChI is InChI=1S/C23H30N4O4/c1-8-17-11-9-10-12-18(17)19(20(28)25-15(2)3)27(14-13-24)21(29)16(4)26-22(30)31-23(5,6)7/h1,9-12,15-16,19H,14H2,2-7H3,(H,25,28)(H,26,30). The first-order valence-corrected chi connectivity index (χ1v) is 9.94. The maximum absolute atomic E-state index is 13.2. The molecule has 2 N–H and O–H groups in total. The van der Waals surface area contributed by atoms with Crippen LogP contribution >= 0.6 is 0 Å². The summed E-state index contributed by atoms with van der Waals surface area (Å²) in [6.45, 7) is 9.74. The van der Waals surface area contributed by atoms with Gasteiger partial charge in [-0.2, -0.15) is 5.26 Å². The number of nitrogens with one attached hydrogen (secondary N) is 2. The topological polar surface area (TPSA) is 112 Å². The Bertz CT molecular complexity index is 890. The zero-order valence-corrected chi connectivity index (χ0v) is 18.9. The quantitative estimate of drug-likeness (QED) is 0.514. The van der Waals surface area contributed by atoms with Gasteiger partial charge < -0.3 is 20.3 Å². The average molecular weight is 427 g/mol. The van der Waals surface area contributed by atoms with Gasteiger partial charge in [-0.25, -0.2) is 4.79 Å². The smallest absolute Gasteiger partial charge is 0.408 e. The van der Waals surface area contributed by atoms with Gasteiger partial charge in [-0.1, -0.05) is 24.1 Å². The fourth-order valence-electron chi connectivity index (χ4n) is 2.85. The summed E-state index contributed by atoms with van der Waals surface area (Å²) in [6, 6.07) is 6.24. The number of amides is 3. The number of hydrogen-bond donors (Lipinski definition) is 2. The molecule has 0 radical (unpaired) electrons. The monoisotopic (exact) mass is 426 g/mol. The van der Waals surface area contributed by atoms with E-state index in [1.165, 1.54) is 6.92 Å². The van der Waals surface area contributed by atoms with Crippen LogP contribution in [0.15, 0.2) is 24.3 Å². The third-order valence-corrected chi connectivity index (χ3v) is 4.03. The van der Waals surface area contributed by atoms with Crippen molar-refractivity contribution in [3.63, 3.8) is 0 Å². The Morgan fingerprint density at radius 1 is 1.16 bits per heavy atom. The molecule has 0 aromatic heterocycles. The minimum absolute atomic E-state index is 0.204. The number of nitrogens with zero attached hydrogens (tertiary/aromatic N) is 2. The van der Waals surface area contributed by atoms with Crippen molar-refractivity contribution in [1.29, 1.82) is 5.26 Å². The first-order valence-electron chi connectivity index (χ1n) is 9.94. The molecule has 1 rings (SSSR count). The van der Waals surface area contributed by atoms with Gasteiger partial charge in [0.15, 0.2) is 0 Å². The minimum Gasteiger partial charge on any atom is -0.444 e. The van der Waals surface area contributed by atoms with Crippen molar-refractivity contribution < 1.29 is 19.1 Å². The van der Waals surface area contributed by atoms with Crippen LogP contribution in [0.1, 0.15) is 58.7 Å². The maximum Gasteiger partial charge on any atom is 0.408 e. The number of hydrogen-bond acceptors (Lipinski definition) is 5. The number of carbonyl (C=O) groups excluding carboxylic acids is 3. The van der Waals surface area contributed by atoms with Gasteiger partial charge in [0.1, 0.15) is 24.2 Å². The molecule has 0 aliphatic heterocycles. The lowest BCUT2D eigenvalue weighted by molar-refractivity contribution is -0.141. The summed E-state index contributed by atoms with van der Waals surface area (Å²) in [6.07, 6.45) is 4.82. The number of nitriles is 1. The van der Waals surface area contributed by atoms with E-state index in [0.717, 1.165) is 4.90 Å². The molecule has 0 aliphatic rings. The fraction of sp³-hybridized carbons (Fsp3) is 0.478. The summed E-state index contributed by atoms with van der Waals surface area (Å²) in [7, 11) is 0. The molecule has 0 fully saturated rings. The van der Waals surface area contributed by atoms with Crippen molar-refractivity contribution in [3.05, 3.63) is 35.4 Å². The Hall–Kier alpha value is -3.52. The molecule has 0 saturated carbocycles. The van der Waals surface area contributed by atoms with Gasteiger partial charge >= 0.3 is 6.09 Å². The van der Waals surface area contributed by atoms with Gasteiger partial charge in [0.2, 0.25) is 11.8 Å². The van der Waals surface area contributed by atoms with Crippen LogP contribution in [0.25, 0.3) is 0 Å². The van der Waals surface area contributed by atoms with Gasteiger partial charge in [0.05, 0.1) is 6.07 Å². The Kier molecular flexibility index (Phi) is 9.08. The molecule has 8 nitrogen and oxygen atoms in total. The molecule has 0 spiro atoms. The molecule has 1 aromatic rings. The van der Waals surface area contributed by atoms with Gasteiger partial charge in [-0.3, -0.25) is 9.59 Å². The number of benzene rings is 1. The molecule has 1 aromatic carbocycles.